The van der Waals surface area contributed by atoms with E-state index in [1.54, 1.807) is 51.1 Å². The van der Waals surface area contributed by atoms with Crippen LogP contribution in [0.1, 0.15) is 52.5 Å². The number of piperazine rings is 1. The van der Waals surface area contributed by atoms with Crippen molar-refractivity contribution in [3.63, 3.8) is 0 Å². The summed E-state index contributed by atoms with van der Waals surface area (Å²) >= 11 is 0. The first-order valence-electron chi connectivity index (χ1n) is 18.1. The number of carboxylic acid groups (broad SMARTS) is 1. The monoisotopic (exact) mass is 741 g/mol. The van der Waals surface area contributed by atoms with Gasteiger partial charge in [-0.05, 0) is 77.6 Å². The molecular formula is C39H41F2N7O6. The average molecular weight is 742 g/mol. The zero-order valence-electron chi connectivity index (χ0n) is 30.6. The number of ether oxygens (including phenoxy) is 3. The number of hydrogen-bond acceptors (Lipinski definition) is 10. The van der Waals surface area contributed by atoms with Crippen molar-refractivity contribution in [2.45, 2.75) is 89.0 Å². The molecule has 4 aromatic rings. The predicted octanol–water partition coefficient (Wildman–Crippen LogP) is 6.21. The molecule has 0 saturated carbocycles. The van der Waals surface area contributed by atoms with E-state index in [4.69, 9.17) is 30.6 Å². The van der Waals surface area contributed by atoms with E-state index in [0.717, 1.165) is 0 Å². The van der Waals surface area contributed by atoms with Crippen molar-refractivity contribution in [2.24, 2.45) is 0 Å². The molecule has 8 rings (SSSR count). The minimum atomic E-state index is -1.01. The van der Waals surface area contributed by atoms with E-state index < -0.39 is 48.0 Å². The summed E-state index contributed by atoms with van der Waals surface area (Å²) in [6.07, 6.45) is 4.18. The van der Waals surface area contributed by atoms with E-state index in [2.05, 4.69) is 16.2 Å². The van der Waals surface area contributed by atoms with Crippen LogP contribution in [0.4, 0.5) is 29.9 Å². The Morgan fingerprint density at radius 1 is 1.15 bits per heavy atom. The fourth-order valence-corrected chi connectivity index (χ4v) is 8.57. The number of rotatable bonds is 5. The molecule has 15 heteroatoms. The normalized spacial score (nSPS) is 24.9. The summed E-state index contributed by atoms with van der Waals surface area (Å²) in [6.45, 7) is 7.70. The van der Waals surface area contributed by atoms with Gasteiger partial charge in [0.2, 0.25) is 5.88 Å². The number of anilines is 2. The summed E-state index contributed by atoms with van der Waals surface area (Å²) in [5.74, 6) is 2.24. The topological polar surface area (TPSA) is 142 Å². The smallest absolute Gasteiger partial charge is 0.412 e. The number of nitrogens with one attached hydrogen (secondary N) is 1. The molecule has 4 unspecified atom stereocenters. The molecule has 6 atom stereocenters. The number of carbonyl (C=O) groups excluding carboxylic acids is 1. The van der Waals surface area contributed by atoms with Crippen LogP contribution in [0.25, 0.3) is 32.9 Å². The summed E-state index contributed by atoms with van der Waals surface area (Å²) < 4.78 is 50.0. The molecule has 3 fully saturated rings. The maximum atomic E-state index is 17.5. The molecule has 4 aliphatic rings. The maximum Gasteiger partial charge on any atom is 0.412 e. The molecule has 6 heterocycles. The highest BCUT2D eigenvalue weighted by atomic mass is 19.1. The number of alkyl halides is 1. The Morgan fingerprint density at radius 3 is 2.65 bits per heavy atom. The van der Waals surface area contributed by atoms with Gasteiger partial charge in [0.15, 0.2) is 5.82 Å². The Hall–Kier alpha value is -5.49. The van der Waals surface area contributed by atoms with Crippen molar-refractivity contribution in [1.29, 1.82) is 0 Å². The highest BCUT2D eigenvalue weighted by Gasteiger charge is 2.53. The molecule has 2 aromatic heterocycles. The van der Waals surface area contributed by atoms with Crippen LogP contribution < -0.4 is 19.7 Å². The highest BCUT2D eigenvalue weighted by Crippen LogP contribution is 2.47. The molecule has 54 heavy (non-hydrogen) atoms. The van der Waals surface area contributed by atoms with E-state index in [9.17, 15) is 19.1 Å². The number of halogens is 2. The van der Waals surface area contributed by atoms with Crippen LogP contribution in [0.15, 0.2) is 30.3 Å². The largest absolute Gasteiger partial charge is 0.472 e. The number of nitrogens with zero attached hydrogens (tertiary/aromatic N) is 6. The molecule has 2 amide bonds. The Morgan fingerprint density at radius 2 is 1.94 bits per heavy atom. The Labute approximate surface area is 310 Å². The van der Waals surface area contributed by atoms with Gasteiger partial charge in [0.25, 0.3) is 0 Å². The number of fused-ring (bicyclic) bond motifs is 6. The zero-order chi connectivity index (χ0) is 38.2. The van der Waals surface area contributed by atoms with Gasteiger partial charge in [-0.1, -0.05) is 18.1 Å². The van der Waals surface area contributed by atoms with Crippen molar-refractivity contribution in [2.75, 3.05) is 37.0 Å². The van der Waals surface area contributed by atoms with Crippen molar-refractivity contribution in [3.8, 4) is 35.5 Å². The second kappa shape index (κ2) is 13.1. The van der Waals surface area contributed by atoms with E-state index in [-0.39, 0.29) is 65.7 Å². The van der Waals surface area contributed by atoms with Crippen molar-refractivity contribution in [3.05, 3.63) is 41.7 Å². The number of terminal acetylenes is 1. The van der Waals surface area contributed by atoms with Gasteiger partial charge in [-0.15, -0.1) is 6.42 Å². The van der Waals surface area contributed by atoms with Crippen LogP contribution in [0, 0.1) is 18.2 Å². The molecule has 3 saturated heterocycles. The zero-order valence-corrected chi connectivity index (χ0v) is 30.6. The van der Waals surface area contributed by atoms with Crippen LogP contribution in [0.5, 0.6) is 11.9 Å². The third-order valence-electron chi connectivity index (χ3n) is 10.8. The molecule has 0 radical (unpaired) electrons. The number of likely N-dealkylation sites (tertiary alicyclic amines) is 1. The number of carbonyl (C=O) groups is 2. The van der Waals surface area contributed by atoms with E-state index >= 15 is 4.39 Å². The second-order valence-electron chi connectivity index (χ2n) is 15.5. The maximum absolute atomic E-state index is 17.5. The van der Waals surface area contributed by atoms with E-state index in [1.807, 2.05) is 23.8 Å². The summed E-state index contributed by atoms with van der Waals surface area (Å²) in [7, 11) is 1.81. The molecule has 0 spiro atoms. The van der Waals surface area contributed by atoms with Gasteiger partial charge < -0.3 is 24.2 Å². The first-order valence-corrected chi connectivity index (χ1v) is 18.1. The third-order valence-corrected chi connectivity index (χ3v) is 10.8. The minimum absolute atomic E-state index is 0.0511. The SMILES string of the molecule is C#Cc1cccc2cc(NC(=O)OC(C)(C)C)cc(-c3nc4c5c(nc(OC[C@@H]6C[C@@H](F)CN6C)nc5c3F)N3CC5CCC(C3C(C)O4)N5C(=O)O)c12. The molecule has 2 aromatic carbocycles. The van der Waals surface area contributed by atoms with Crippen molar-refractivity contribution < 1.29 is 37.7 Å². The van der Waals surface area contributed by atoms with Crippen LogP contribution in [-0.2, 0) is 4.74 Å². The van der Waals surface area contributed by atoms with Crippen molar-refractivity contribution in [1.82, 2.24) is 24.8 Å². The average Bonchev–Trinajstić information content (AvgIpc) is 3.56. The summed E-state index contributed by atoms with van der Waals surface area (Å²) in [5.41, 5.74) is -0.00637. The lowest BCUT2D eigenvalue weighted by Crippen LogP contribution is -2.64. The van der Waals surface area contributed by atoms with Gasteiger partial charge >= 0.3 is 18.2 Å². The first kappa shape index (κ1) is 35.5. The van der Waals surface area contributed by atoms with Gasteiger partial charge in [0, 0.05) is 41.3 Å². The lowest BCUT2D eigenvalue weighted by atomic mass is 9.95. The Kier molecular flexibility index (Phi) is 8.63. The third kappa shape index (κ3) is 6.12. The van der Waals surface area contributed by atoms with Crippen LogP contribution in [0.2, 0.25) is 0 Å². The molecular weight excluding hydrogens is 700 g/mol. The van der Waals surface area contributed by atoms with Crippen LogP contribution in [-0.4, -0.2) is 111 Å². The summed E-state index contributed by atoms with van der Waals surface area (Å²) in [5, 5.41) is 14.3. The van der Waals surface area contributed by atoms with Crippen molar-refractivity contribution >= 4 is 45.4 Å². The van der Waals surface area contributed by atoms with Gasteiger partial charge in [-0.3, -0.25) is 15.1 Å². The number of amides is 2. The van der Waals surface area contributed by atoms with Gasteiger partial charge in [-0.25, -0.2) is 23.4 Å². The first-order chi connectivity index (χ1) is 25.7. The van der Waals surface area contributed by atoms with Crippen LogP contribution >= 0.6 is 0 Å². The highest BCUT2D eigenvalue weighted by molar-refractivity contribution is 6.06. The molecule has 2 N–H and O–H groups in total. The summed E-state index contributed by atoms with van der Waals surface area (Å²) in [4.78, 5) is 44.9. The Balaban J connectivity index is 1.32. The van der Waals surface area contributed by atoms with Gasteiger partial charge in [0.05, 0.1) is 18.1 Å². The lowest BCUT2D eigenvalue weighted by Gasteiger charge is -2.47. The van der Waals surface area contributed by atoms with E-state index in [0.29, 0.717) is 47.2 Å². The lowest BCUT2D eigenvalue weighted by molar-refractivity contribution is 0.0634. The number of aromatic nitrogens is 3. The predicted molar refractivity (Wildman–Crippen MR) is 197 cm³/mol. The second-order valence-corrected chi connectivity index (χ2v) is 15.5. The quantitative estimate of drug-likeness (QED) is 0.226. The number of pyridine rings is 1. The summed E-state index contributed by atoms with van der Waals surface area (Å²) in [6, 6.07) is 6.99. The molecule has 282 valence electrons. The minimum Gasteiger partial charge on any atom is -0.472 e. The van der Waals surface area contributed by atoms with E-state index in [1.165, 1.54) is 4.90 Å². The number of benzene rings is 2. The van der Waals surface area contributed by atoms with Gasteiger partial charge in [0.1, 0.15) is 46.9 Å². The van der Waals surface area contributed by atoms with Crippen LogP contribution in [0.3, 0.4) is 0 Å². The Bertz CT molecular complexity index is 2240. The number of likely N-dealkylation sites (N-methyl/N-ethyl adjacent to an activating group) is 1. The fourth-order valence-electron chi connectivity index (χ4n) is 8.57. The fraction of sp³-hybridized carbons (Fsp3) is 0.462. The van der Waals surface area contributed by atoms with Gasteiger partial charge in [-0.2, -0.15) is 9.97 Å². The number of hydrogen-bond donors (Lipinski definition) is 2. The molecule has 4 aliphatic heterocycles. The standard InChI is InChI=1S/C39H41F2N7O6/c1-7-20-9-8-10-21-13-23(42-37(49)54-39(3,4)5)15-26(28(20)21)31-30(41)32-29-34(45-36(44-32)52-18-25-14-22(40)16-46(25)6)47-17-24-11-12-27(48(24)38(50)51)33(47)19(2)53-35(29)43-31/h1,8-10,13,15,19,22,24-25,27,33H,11-12,14,16-18H2,2-6H3,(H,42,49)(H,50,51)/t19?,22-,24?,25+,27?,33?/m1/s1. The molecule has 13 nitrogen and oxygen atoms in total. The molecule has 2 bridgehead atoms. The molecule has 0 aliphatic carbocycles.